The van der Waals surface area contributed by atoms with E-state index in [1.54, 1.807) is 0 Å². The molecule has 0 spiro atoms. The van der Waals surface area contributed by atoms with E-state index in [1.807, 2.05) is 0 Å². The number of nitrogens with one attached hydrogen (secondary N) is 1. The zero-order valence-electron chi connectivity index (χ0n) is 12.0. The summed E-state index contributed by atoms with van der Waals surface area (Å²) in [5.41, 5.74) is 2.07. The fourth-order valence-corrected chi connectivity index (χ4v) is 3.95. The number of anilines is 1. The normalized spacial score (nSPS) is 38.4. The predicted molar refractivity (Wildman–Crippen MR) is 79.3 cm³/mol. The van der Waals surface area contributed by atoms with Gasteiger partial charge in [0.25, 0.3) is 0 Å². The number of hydrogen-bond acceptors (Lipinski definition) is 2. The van der Waals surface area contributed by atoms with Crippen molar-refractivity contribution in [3.05, 3.63) is 29.8 Å². The van der Waals surface area contributed by atoms with E-state index in [0.717, 1.165) is 25.7 Å². The smallest absolute Gasteiger partial charge is 0.0875 e. The van der Waals surface area contributed by atoms with Crippen LogP contribution in [-0.2, 0) is 6.42 Å². The standard InChI is InChI=1S/C17H25NO/c1-12-7-8-13(2)17(19,11-12)16-10-9-14-5-3-4-6-15(14)18-16/h3-6,12-13,16,18-19H,7-11H2,1-2H3. The maximum atomic E-state index is 11.2. The number of hydrogen-bond donors (Lipinski definition) is 2. The van der Waals surface area contributed by atoms with Crippen LogP contribution in [0.25, 0.3) is 0 Å². The molecule has 1 aromatic rings. The molecule has 1 aliphatic heterocycles. The summed E-state index contributed by atoms with van der Waals surface area (Å²) >= 11 is 0. The molecule has 0 radical (unpaired) electrons. The minimum absolute atomic E-state index is 0.208. The van der Waals surface area contributed by atoms with Crippen LogP contribution < -0.4 is 5.32 Å². The number of fused-ring (bicyclic) bond motifs is 1. The van der Waals surface area contributed by atoms with E-state index >= 15 is 0 Å². The number of rotatable bonds is 1. The first-order valence-corrected chi connectivity index (χ1v) is 7.66. The quantitative estimate of drug-likeness (QED) is 0.807. The first-order chi connectivity index (χ1) is 9.09. The first kappa shape index (κ1) is 13.0. The van der Waals surface area contributed by atoms with Crippen molar-refractivity contribution in [3.63, 3.8) is 0 Å². The Hall–Kier alpha value is -1.02. The van der Waals surface area contributed by atoms with Crippen molar-refractivity contribution in [2.75, 3.05) is 5.32 Å². The maximum absolute atomic E-state index is 11.2. The molecule has 0 aromatic heterocycles. The molecule has 0 bridgehead atoms. The summed E-state index contributed by atoms with van der Waals surface area (Å²) in [5, 5.41) is 14.8. The molecule has 4 atom stereocenters. The Balaban J connectivity index is 1.83. The lowest BCUT2D eigenvalue weighted by atomic mass is 9.67. The minimum Gasteiger partial charge on any atom is -0.387 e. The molecule has 2 N–H and O–H groups in total. The number of para-hydroxylation sites is 1. The fraction of sp³-hybridized carbons (Fsp3) is 0.647. The Kier molecular flexibility index (Phi) is 3.30. The van der Waals surface area contributed by atoms with Crippen LogP contribution >= 0.6 is 0 Å². The van der Waals surface area contributed by atoms with Crippen LogP contribution in [0.1, 0.15) is 45.1 Å². The van der Waals surface area contributed by atoms with Gasteiger partial charge in [0.1, 0.15) is 0 Å². The van der Waals surface area contributed by atoms with E-state index < -0.39 is 5.60 Å². The summed E-state index contributed by atoms with van der Waals surface area (Å²) in [6, 6.07) is 8.71. The SMILES string of the molecule is CC1CCC(C)C(O)(C2CCc3ccccc3N2)C1. The summed E-state index contributed by atoms with van der Waals surface area (Å²) in [4.78, 5) is 0. The van der Waals surface area contributed by atoms with Gasteiger partial charge in [0, 0.05) is 5.69 Å². The highest BCUT2D eigenvalue weighted by Crippen LogP contribution is 2.42. The molecule has 1 aromatic carbocycles. The van der Waals surface area contributed by atoms with Gasteiger partial charge in [-0.05, 0) is 49.1 Å². The van der Waals surface area contributed by atoms with Crippen molar-refractivity contribution in [2.45, 2.75) is 57.6 Å². The van der Waals surface area contributed by atoms with Crippen LogP contribution in [0.5, 0.6) is 0 Å². The van der Waals surface area contributed by atoms with Gasteiger partial charge in [-0.1, -0.05) is 38.5 Å². The van der Waals surface area contributed by atoms with Gasteiger partial charge in [0.2, 0.25) is 0 Å². The van der Waals surface area contributed by atoms with E-state index in [4.69, 9.17) is 0 Å². The van der Waals surface area contributed by atoms with Gasteiger partial charge in [-0.25, -0.2) is 0 Å². The first-order valence-electron chi connectivity index (χ1n) is 7.66. The molecule has 2 heteroatoms. The van der Waals surface area contributed by atoms with E-state index in [-0.39, 0.29) is 6.04 Å². The topological polar surface area (TPSA) is 32.3 Å². The summed E-state index contributed by atoms with van der Waals surface area (Å²) in [6.07, 6.45) is 5.47. The zero-order valence-corrected chi connectivity index (χ0v) is 12.0. The van der Waals surface area contributed by atoms with Crippen molar-refractivity contribution in [2.24, 2.45) is 11.8 Å². The van der Waals surface area contributed by atoms with Crippen LogP contribution in [-0.4, -0.2) is 16.7 Å². The highest BCUT2D eigenvalue weighted by atomic mass is 16.3. The van der Waals surface area contributed by atoms with E-state index in [0.29, 0.717) is 11.8 Å². The van der Waals surface area contributed by atoms with E-state index in [2.05, 4.69) is 43.4 Å². The molecule has 2 aliphatic rings. The second-order valence-corrected chi connectivity index (χ2v) is 6.67. The van der Waals surface area contributed by atoms with Gasteiger partial charge >= 0.3 is 0 Å². The highest BCUT2D eigenvalue weighted by molar-refractivity contribution is 5.54. The average molecular weight is 259 g/mol. The number of aliphatic hydroxyl groups is 1. The largest absolute Gasteiger partial charge is 0.387 e. The van der Waals surface area contributed by atoms with Gasteiger partial charge < -0.3 is 10.4 Å². The highest BCUT2D eigenvalue weighted by Gasteiger charge is 2.45. The van der Waals surface area contributed by atoms with Gasteiger partial charge in [0.15, 0.2) is 0 Å². The van der Waals surface area contributed by atoms with Crippen molar-refractivity contribution >= 4 is 5.69 Å². The molecule has 1 aliphatic carbocycles. The lowest BCUT2D eigenvalue weighted by Gasteiger charge is -2.48. The second kappa shape index (κ2) is 4.82. The molecule has 0 saturated heterocycles. The molecular formula is C17H25NO. The Morgan fingerprint density at radius 2 is 1.95 bits per heavy atom. The van der Waals surface area contributed by atoms with Gasteiger partial charge in [-0.3, -0.25) is 0 Å². The molecular weight excluding hydrogens is 234 g/mol. The Morgan fingerprint density at radius 1 is 1.16 bits per heavy atom. The molecule has 0 amide bonds. The van der Waals surface area contributed by atoms with Crippen molar-refractivity contribution < 1.29 is 5.11 Å². The summed E-state index contributed by atoms with van der Waals surface area (Å²) < 4.78 is 0. The van der Waals surface area contributed by atoms with Crippen molar-refractivity contribution in [1.82, 2.24) is 0 Å². The Labute approximate surface area is 116 Å². The minimum atomic E-state index is -0.537. The average Bonchev–Trinajstić information content (AvgIpc) is 2.43. The van der Waals surface area contributed by atoms with Crippen LogP contribution in [0.4, 0.5) is 5.69 Å². The maximum Gasteiger partial charge on any atom is 0.0875 e. The Morgan fingerprint density at radius 3 is 2.79 bits per heavy atom. The number of benzene rings is 1. The monoisotopic (exact) mass is 259 g/mol. The van der Waals surface area contributed by atoms with Crippen LogP contribution in [0, 0.1) is 11.8 Å². The summed E-state index contributed by atoms with van der Waals surface area (Å²) in [7, 11) is 0. The molecule has 1 saturated carbocycles. The number of aryl methyl sites for hydroxylation is 1. The third-order valence-corrected chi connectivity index (χ3v) is 5.27. The van der Waals surface area contributed by atoms with Crippen molar-refractivity contribution in [1.29, 1.82) is 0 Å². The lowest BCUT2D eigenvalue weighted by Crippen LogP contribution is -2.55. The zero-order chi connectivity index (χ0) is 13.5. The molecule has 3 rings (SSSR count). The lowest BCUT2D eigenvalue weighted by molar-refractivity contribution is -0.0730. The Bertz CT molecular complexity index is 458. The molecule has 104 valence electrons. The van der Waals surface area contributed by atoms with E-state index in [1.165, 1.54) is 17.7 Å². The van der Waals surface area contributed by atoms with Crippen LogP contribution in [0.3, 0.4) is 0 Å². The third kappa shape index (κ3) is 2.27. The van der Waals surface area contributed by atoms with E-state index in [9.17, 15) is 5.11 Å². The third-order valence-electron chi connectivity index (χ3n) is 5.27. The molecule has 4 unspecified atom stereocenters. The van der Waals surface area contributed by atoms with Crippen molar-refractivity contribution in [3.8, 4) is 0 Å². The van der Waals surface area contributed by atoms with Crippen LogP contribution in [0.15, 0.2) is 24.3 Å². The second-order valence-electron chi connectivity index (χ2n) is 6.67. The van der Waals surface area contributed by atoms with Gasteiger partial charge in [-0.15, -0.1) is 0 Å². The summed E-state index contributed by atoms with van der Waals surface area (Å²) in [6.45, 7) is 4.49. The molecule has 1 fully saturated rings. The predicted octanol–water partition coefficient (Wildman–Crippen LogP) is 3.60. The fourth-order valence-electron chi connectivity index (χ4n) is 3.95. The summed E-state index contributed by atoms with van der Waals surface area (Å²) in [5.74, 6) is 1.03. The molecule has 2 nitrogen and oxygen atoms in total. The molecule has 1 heterocycles. The van der Waals surface area contributed by atoms with Gasteiger partial charge in [-0.2, -0.15) is 0 Å². The van der Waals surface area contributed by atoms with Gasteiger partial charge in [0.05, 0.1) is 11.6 Å². The molecule has 19 heavy (non-hydrogen) atoms. The van der Waals surface area contributed by atoms with Crippen LogP contribution in [0.2, 0.25) is 0 Å².